The summed E-state index contributed by atoms with van der Waals surface area (Å²) >= 11 is 12.0. The number of halogens is 2. The molecule has 0 aromatic heterocycles. The average molecular weight is 258 g/mol. The van der Waals surface area contributed by atoms with Gasteiger partial charge in [-0.1, -0.05) is 36.2 Å². The fourth-order valence-electron chi connectivity index (χ4n) is 2.53. The van der Waals surface area contributed by atoms with Crippen molar-refractivity contribution in [1.29, 1.82) is 0 Å². The van der Waals surface area contributed by atoms with Crippen molar-refractivity contribution in [2.45, 2.75) is 38.1 Å². The number of hydrogen-bond donors (Lipinski definition) is 1. The minimum Gasteiger partial charge on any atom is -0.327 e. The summed E-state index contributed by atoms with van der Waals surface area (Å²) in [6.07, 6.45) is 3.49. The molecule has 1 saturated carbocycles. The first-order valence-corrected chi connectivity index (χ1v) is 6.54. The van der Waals surface area contributed by atoms with Gasteiger partial charge in [0, 0.05) is 6.04 Å². The van der Waals surface area contributed by atoms with Crippen molar-refractivity contribution in [3.63, 3.8) is 0 Å². The lowest BCUT2D eigenvalue weighted by Crippen LogP contribution is -2.33. The van der Waals surface area contributed by atoms with E-state index in [2.05, 4.69) is 13.0 Å². The molecule has 16 heavy (non-hydrogen) atoms. The van der Waals surface area contributed by atoms with Gasteiger partial charge in [-0.25, -0.2) is 0 Å². The quantitative estimate of drug-likeness (QED) is 0.801. The van der Waals surface area contributed by atoms with Gasteiger partial charge in [0.25, 0.3) is 0 Å². The fraction of sp³-hybridized carbons (Fsp3) is 0.538. The van der Waals surface area contributed by atoms with Gasteiger partial charge in [-0.3, -0.25) is 0 Å². The van der Waals surface area contributed by atoms with Gasteiger partial charge in [0.05, 0.1) is 10.0 Å². The average Bonchev–Trinajstić information content (AvgIpc) is 2.26. The summed E-state index contributed by atoms with van der Waals surface area (Å²) in [5.41, 5.74) is 7.42. The molecule has 0 radical (unpaired) electrons. The summed E-state index contributed by atoms with van der Waals surface area (Å²) in [5, 5.41) is 1.24. The van der Waals surface area contributed by atoms with Crippen molar-refractivity contribution in [2.24, 2.45) is 11.7 Å². The van der Waals surface area contributed by atoms with Gasteiger partial charge in [0.15, 0.2) is 0 Å². The molecular formula is C13H17Cl2N. The van der Waals surface area contributed by atoms with Gasteiger partial charge in [-0.15, -0.1) is 0 Å². The summed E-state index contributed by atoms with van der Waals surface area (Å²) in [5.74, 6) is 1.18. The molecule has 1 nitrogen and oxygen atoms in total. The van der Waals surface area contributed by atoms with Crippen molar-refractivity contribution < 1.29 is 0 Å². The van der Waals surface area contributed by atoms with Crippen LogP contribution in [-0.2, 0) is 0 Å². The van der Waals surface area contributed by atoms with E-state index in [0.717, 1.165) is 18.8 Å². The Morgan fingerprint density at radius 2 is 1.94 bits per heavy atom. The lowest BCUT2D eigenvalue weighted by molar-refractivity contribution is 0.306. The molecule has 1 aliphatic carbocycles. The predicted octanol–water partition coefficient (Wildman–Crippen LogP) is 4.22. The van der Waals surface area contributed by atoms with E-state index in [1.165, 1.54) is 12.0 Å². The second-order valence-corrected chi connectivity index (χ2v) is 5.68. The van der Waals surface area contributed by atoms with E-state index in [1.807, 2.05) is 12.1 Å². The van der Waals surface area contributed by atoms with Crippen LogP contribution in [0, 0.1) is 5.92 Å². The molecule has 0 bridgehead atoms. The zero-order valence-corrected chi connectivity index (χ0v) is 10.9. The van der Waals surface area contributed by atoms with E-state index in [0.29, 0.717) is 16.0 Å². The minimum atomic E-state index is 0.258. The third-order valence-electron chi connectivity index (χ3n) is 3.54. The molecule has 3 heteroatoms. The van der Waals surface area contributed by atoms with Crippen LogP contribution in [0.25, 0.3) is 0 Å². The van der Waals surface area contributed by atoms with Gasteiger partial charge < -0.3 is 5.73 Å². The van der Waals surface area contributed by atoms with Crippen LogP contribution in [0.4, 0.5) is 0 Å². The lowest BCUT2D eigenvalue weighted by Gasteiger charge is -2.33. The highest BCUT2D eigenvalue weighted by Gasteiger charge is 2.27. The van der Waals surface area contributed by atoms with Gasteiger partial charge >= 0.3 is 0 Å². The predicted molar refractivity (Wildman–Crippen MR) is 70.2 cm³/mol. The molecule has 1 aliphatic rings. The fourth-order valence-corrected chi connectivity index (χ4v) is 2.84. The summed E-state index contributed by atoms with van der Waals surface area (Å²) in [6.45, 7) is 2.29. The van der Waals surface area contributed by atoms with Crippen molar-refractivity contribution in [2.75, 3.05) is 0 Å². The van der Waals surface area contributed by atoms with Crippen molar-refractivity contribution in [3.8, 4) is 0 Å². The first-order chi connectivity index (χ1) is 7.58. The summed E-state index contributed by atoms with van der Waals surface area (Å²) in [6, 6.07) is 6.14. The van der Waals surface area contributed by atoms with Gasteiger partial charge in [-0.05, 0) is 48.8 Å². The topological polar surface area (TPSA) is 26.0 Å². The van der Waals surface area contributed by atoms with Crippen LogP contribution in [0.5, 0.6) is 0 Å². The Kier molecular flexibility index (Phi) is 3.78. The number of rotatable bonds is 1. The van der Waals surface area contributed by atoms with E-state index in [4.69, 9.17) is 28.9 Å². The van der Waals surface area contributed by atoms with Crippen LogP contribution in [0.1, 0.15) is 37.7 Å². The molecule has 3 unspecified atom stereocenters. The Morgan fingerprint density at radius 3 is 2.62 bits per heavy atom. The van der Waals surface area contributed by atoms with E-state index < -0.39 is 0 Å². The third-order valence-corrected chi connectivity index (χ3v) is 4.28. The minimum absolute atomic E-state index is 0.258. The molecule has 2 N–H and O–H groups in total. The maximum Gasteiger partial charge on any atom is 0.0595 e. The SMILES string of the molecule is CC1CCC(N)C(c2ccc(Cl)c(Cl)c2)C1. The molecule has 0 spiro atoms. The van der Waals surface area contributed by atoms with E-state index >= 15 is 0 Å². The van der Waals surface area contributed by atoms with Crippen LogP contribution in [0.2, 0.25) is 10.0 Å². The Balaban J connectivity index is 2.24. The van der Waals surface area contributed by atoms with Gasteiger partial charge in [0.2, 0.25) is 0 Å². The van der Waals surface area contributed by atoms with Gasteiger partial charge in [-0.2, -0.15) is 0 Å². The highest BCUT2D eigenvalue weighted by Crippen LogP contribution is 2.37. The highest BCUT2D eigenvalue weighted by atomic mass is 35.5. The molecule has 1 aromatic carbocycles. The van der Waals surface area contributed by atoms with E-state index in [9.17, 15) is 0 Å². The Bertz CT molecular complexity index is 378. The first kappa shape index (κ1) is 12.2. The molecule has 0 saturated heterocycles. The second kappa shape index (κ2) is 4.95. The maximum absolute atomic E-state index is 6.19. The highest BCUT2D eigenvalue weighted by molar-refractivity contribution is 6.42. The molecule has 3 atom stereocenters. The standard InChI is InChI=1S/C13H17Cl2N/c1-8-2-5-13(16)10(6-8)9-3-4-11(14)12(15)7-9/h3-4,7-8,10,13H,2,5-6,16H2,1H3. The molecule has 1 fully saturated rings. The normalized spacial score (nSPS) is 30.4. The Morgan fingerprint density at radius 1 is 1.19 bits per heavy atom. The molecular weight excluding hydrogens is 241 g/mol. The zero-order chi connectivity index (χ0) is 11.7. The smallest absolute Gasteiger partial charge is 0.0595 e. The Hall–Kier alpha value is -0.240. The van der Waals surface area contributed by atoms with Crippen LogP contribution in [-0.4, -0.2) is 6.04 Å². The molecule has 0 heterocycles. The third kappa shape index (κ3) is 2.53. The molecule has 0 aliphatic heterocycles. The number of benzene rings is 1. The van der Waals surface area contributed by atoms with Crippen molar-refractivity contribution >= 4 is 23.2 Å². The molecule has 88 valence electrons. The summed E-state index contributed by atoms with van der Waals surface area (Å²) in [7, 11) is 0. The van der Waals surface area contributed by atoms with E-state index in [1.54, 1.807) is 0 Å². The molecule has 2 rings (SSSR count). The second-order valence-electron chi connectivity index (χ2n) is 4.86. The summed E-state index contributed by atoms with van der Waals surface area (Å²) < 4.78 is 0. The van der Waals surface area contributed by atoms with Crippen LogP contribution < -0.4 is 5.73 Å². The van der Waals surface area contributed by atoms with Crippen molar-refractivity contribution in [3.05, 3.63) is 33.8 Å². The lowest BCUT2D eigenvalue weighted by atomic mass is 9.76. The van der Waals surface area contributed by atoms with Crippen LogP contribution >= 0.6 is 23.2 Å². The monoisotopic (exact) mass is 257 g/mol. The Labute approximate surface area is 107 Å². The largest absolute Gasteiger partial charge is 0.327 e. The zero-order valence-electron chi connectivity index (χ0n) is 9.42. The van der Waals surface area contributed by atoms with E-state index in [-0.39, 0.29) is 6.04 Å². The number of hydrogen-bond acceptors (Lipinski definition) is 1. The maximum atomic E-state index is 6.19. The number of nitrogens with two attached hydrogens (primary N) is 1. The molecule has 1 aromatic rings. The van der Waals surface area contributed by atoms with Gasteiger partial charge in [0.1, 0.15) is 0 Å². The van der Waals surface area contributed by atoms with Crippen LogP contribution in [0.3, 0.4) is 0 Å². The van der Waals surface area contributed by atoms with Crippen LogP contribution in [0.15, 0.2) is 18.2 Å². The molecule has 0 amide bonds. The van der Waals surface area contributed by atoms with Crippen molar-refractivity contribution in [1.82, 2.24) is 0 Å². The first-order valence-electron chi connectivity index (χ1n) is 5.78. The summed E-state index contributed by atoms with van der Waals surface area (Å²) in [4.78, 5) is 0.